The number of carbonyl (C=O) groups excluding carboxylic acids is 4. The number of hydrazine groups is 1. The average Bonchev–Trinajstić information content (AvgIpc) is 3.25. The Morgan fingerprint density at radius 3 is 2.26 bits per heavy atom. The molecule has 1 heterocycles. The molecule has 0 bridgehead atoms. The van der Waals surface area contributed by atoms with Crippen molar-refractivity contribution in [3.63, 3.8) is 0 Å². The second kappa shape index (κ2) is 18.0. The summed E-state index contributed by atoms with van der Waals surface area (Å²) in [6.07, 6.45) is 2.70. The molecule has 3 amide bonds. The molecule has 2 N–H and O–H groups in total. The van der Waals surface area contributed by atoms with E-state index in [9.17, 15) is 14.4 Å². The van der Waals surface area contributed by atoms with Crippen LogP contribution in [0, 0.1) is 0 Å². The van der Waals surface area contributed by atoms with Crippen molar-refractivity contribution in [3.8, 4) is 0 Å². The smallest absolute Gasteiger partial charge is 0.331 e. The van der Waals surface area contributed by atoms with Crippen molar-refractivity contribution in [2.24, 2.45) is 10.7 Å². The molecule has 2 unspecified atom stereocenters. The lowest BCUT2D eigenvalue weighted by molar-refractivity contribution is -0.162. The fourth-order valence-corrected chi connectivity index (χ4v) is 9.02. The molecule has 1 aliphatic heterocycles. The minimum absolute atomic E-state index is 0.0520. The van der Waals surface area contributed by atoms with Crippen LogP contribution >= 0.6 is 33.2 Å². The average molecular weight is 778 g/mol. The molecular weight excluding hydrogens is 730 g/mol. The standard InChI is InChI=1S/C40H48ClN5O5S2/c1-26(47)45(34(23-27-15-9-6-10-16-27)39(50)51-30-19-13-8-14-20-30)46-33-22-21-29(41)24-31(33)35(28-17-11-7-12-18-28)43-36(38(46)49)44(5)37(48)32(42)25-52-53-40(2,3)4/h6-7,9-12,15-18,21-22,24,30,32,34,36H,8,13-14,19-20,23,25,42H2,1-5H3/t32?,34-,36?/m0/s1. The maximum atomic E-state index is 15.2. The fourth-order valence-electron chi connectivity index (χ4n) is 6.43. The molecule has 0 aromatic heterocycles. The molecule has 5 rings (SSSR count). The predicted octanol–water partition coefficient (Wildman–Crippen LogP) is 7.07. The zero-order valence-electron chi connectivity index (χ0n) is 30.9. The second-order valence-corrected chi connectivity index (χ2v) is 17.9. The number of nitrogens with two attached hydrogens (primary N) is 1. The van der Waals surface area contributed by atoms with Gasteiger partial charge in [-0.15, -0.1) is 0 Å². The van der Waals surface area contributed by atoms with Crippen LogP contribution in [0.15, 0.2) is 83.9 Å². The Bertz CT molecular complexity index is 1800. The quantitative estimate of drug-likeness (QED) is 0.153. The number of carbonyl (C=O) groups is 4. The molecule has 3 aromatic carbocycles. The van der Waals surface area contributed by atoms with E-state index in [1.807, 2.05) is 60.7 Å². The maximum absolute atomic E-state index is 15.2. The number of nitrogens with zero attached hydrogens (tertiary/aromatic N) is 4. The number of halogens is 1. The van der Waals surface area contributed by atoms with Gasteiger partial charge in [0.2, 0.25) is 18.0 Å². The van der Waals surface area contributed by atoms with Gasteiger partial charge in [0.05, 0.1) is 17.4 Å². The highest BCUT2D eigenvalue weighted by atomic mass is 35.5. The van der Waals surface area contributed by atoms with Crippen LogP contribution in [0.5, 0.6) is 0 Å². The lowest BCUT2D eigenvalue weighted by atomic mass is 9.97. The molecule has 10 nitrogen and oxygen atoms in total. The van der Waals surface area contributed by atoms with Crippen molar-refractivity contribution in [1.29, 1.82) is 0 Å². The number of anilines is 1. The predicted molar refractivity (Wildman–Crippen MR) is 215 cm³/mol. The Labute approximate surface area is 325 Å². The van der Waals surface area contributed by atoms with Gasteiger partial charge < -0.3 is 15.4 Å². The molecule has 282 valence electrons. The summed E-state index contributed by atoms with van der Waals surface area (Å²) in [6, 6.07) is 21.3. The van der Waals surface area contributed by atoms with E-state index in [1.54, 1.807) is 29.0 Å². The topological polar surface area (TPSA) is 126 Å². The van der Waals surface area contributed by atoms with Crippen LogP contribution in [0.1, 0.15) is 76.5 Å². The summed E-state index contributed by atoms with van der Waals surface area (Å²) in [7, 11) is 4.57. The number of amides is 3. The van der Waals surface area contributed by atoms with E-state index in [0.29, 0.717) is 27.6 Å². The number of likely N-dealkylation sites (N-methyl/N-ethyl adjacent to an activating group) is 1. The Morgan fingerprint density at radius 2 is 1.64 bits per heavy atom. The van der Waals surface area contributed by atoms with E-state index in [2.05, 4.69) is 20.8 Å². The Hall–Kier alpha value is -3.84. The Balaban J connectivity index is 1.65. The first kappa shape index (κ1) is 40.3. The summed E-state index contributed by atoms with van der Waals surface area (Å²) in [5.74, 6) is -2.13. The van der Waals surface area contributed by atoms with Gasteiger partial charge in [0.15, 0.2) is 6.04 Å². The van der Waals surface area contributed by atoms with Crippen LogP contribution in [0.25, 0.3) is 0 Å². The molecule has 0 saturated heterocycles. The highest BCUT2D eigenvalue weighted by Crippen LogP contribution is 2.37. The first-order chi connectivity index (χ1) is 25.2. The number of rotatable bonds is 12. The first-order valence-electron chi connectivity index (χ1n) is 17.9. The zero-order chi connectivity index (χ0) is 38.3. The van der Waals surface area contributed by atoms with E-state index < -0.39 is 41.9 Å². The van der Waals surface area contributed by atoms with Gasteiger partial charge in [-0.3, -0.25) is 14.4 Å². The van der Waals surface area contributed by atoms with E-state index in [-0.39, 0.29) is 23.0 Å². The van der Waals surface area contributed by atoms with Crippen molar-refractivity contribution < 1.29 is 23.9 Å². The summed E-state index contributed by atoms with van der Waals surface area (Å²) >= 11 is 6.61. The summed E-state index contributed by atoms with van der Waals surface area (Å²) in [5.41, 5.74) is 8.96. The Kier molecular flexibility index (Phi) is 13.7. The number of ether oxygens (including phenoxy) is 1. The van der Waals surface area contributed by atoms with Gasteiger partial charge in [0.25, 0.3) is 5.91 Å². The minimum Gasteiger partial charge on any atom is -0.461 e. The minimum atomic E-state index is -1.47. The molecule has 0 radical (unpaired) electrons. The van der Waals surface area contributed by atoms with Gasteiger partial charge in [-0.25, -0.2) is 19.8 Å². The number of benzodiazepines with no additional fused rings is 1. The fraction of sp³-hybridized carbons (Fsp3) is 0.425. The van der Waals surface area contributed by atoms with Crippen molar-refractivity contribution in [2.75, 3.05) is 17.8 Å². The summed E-state index contributed by atoms with van der Waals surface area (Å²) in [4.78, 5) is 63.8. The molecule has 13 heteroatoms. The normalized spacial score (nSPS) is 17.6. The number of fused-ring (bicyclic) bond motifs is 1. The number of benzene rings is 3. The highest BCUT2D eigenvalue weighted by Gasteiger charge is 2.45. The number of esters is 1. The summed E-state index contributed by atoms with van der Waals surface area (Å²) < 4.78 is 6.06. The SMILES string of the molecule is CC(=O)N([C@@H](Cc1ccccc1)C(=O)OC1CCCCC1)N1C(=O)C(N(C)C(=O)C(N)CSSC(C)(C)C)N=C(c2ccccc2)c2cc(Cl)ccc21. The monoisotopic (exact) mass is 777 g/mol. The highest BCUT2D eigenvalue weighted by molar-refractivity contribution is 8.77. The Morgan fingerprint density at radius 1 is 1.00 bits per heavy atom. The van der Waals surface area contributed by atoms with Crippen molar-refractivity contribution in [2.45, 2.75) is 95.3 Å². The van der Waals surface area contributed by atoms with E-state index in [0.717, 1.165) is 42.7 Å². The molecule has 1 aliphatic carbocycles. The molecule has 53 heavy (non-hydrogen) atoms. The summed E-state index contributed by atoms with van der Waals surface area (Å²) in [5, 5.41) is 2.72. The van der Waals surface area contributed by atoms with E-state index in [4.69, 9.17) is 27.1 Å². The first-order valence-corrected chi connectivity index (χ1v) is 20.6. The van der Waals surface area contributed by atoms with Crippen LogP contribution < -0.4 is 10.7 Å². The number of hydrogen-bond acceptors (Lipinski definition) is 9. The molecule has 3 atom stereocenters. The third-order valence-corrected chi connectivity index (χ3v) is 12.6. The third kappa shape index (κ3) is 10.2. The van der Waals surface area contributed by atoms with Gasteiger partial charge in [-0.1, -0.05) is 121 Å². The van der Waals surface area contributed by atoms with Gasteiger partial charge in [-0.05, 0) is 49.4 Å². The number of aliphatic imine (C=N–C) groups is 1. The molecule has 0 spiro atoms. The van der Waals surface area contributed by atoms with Gasteiger partial charge >= 0.3 is 5.97 Å². The van der Waals surface area contributed by atoms with E-state index >= 15 is 4.79 Å². The second-order valence-electron chi connectivity index (χ2n) is 14.3. The third-order valence-electron chi connectivity index (χ3n) is 8.97. The summed E-state index contributed by atoms with van der Waals surface area (Å²) in [6.45, 7) is 7.53. The van der Waals surface area contributed by atoms with Crippen molar-refractivity contribution in [1.82, 2.24) is 9.91 Å². The van der Waals surface area contributed by atoms with Crippen LogP contribution in [0.2, 0.25) is 5.02 Å². The molecule has 2 aliphatic rings. The number of hydrogen-bond donors (Lipinski definition) is 1. The van der Waals surface area contributed by atoms with Crippen LogP contribution in [0.4, 0.5) is 5.69 Å². The lowest BCUT2D eigenvalue weighted by Gasteiger charge is -2.40. The van der Waals surface area contributed by atoms with Crippen molar-refractivity contribution in [3.05, 3.63) is 101 Å². The van der Waals surface area contributed by atoms with Crippen LogP contribution in [0.3, 0.4) is 0 Å². The van der Waals surface area contributed by atoms with Gasteiger partial charge in [0.1, 0.15) is 6.10 Å². The lowest BCUT2D eigenvalue weighted by Crippen LogP contribution is -2.62. The zero-order valence-corrected chi connectivity index (χ0v) is 33.3. The maximum Gasteiger partial charge on any atom is 0.331 e. The molecule has 3 aromatic rings. The molecule has 1 saturated carbocycles. The van der Waals surface area contributed by atoms with Crippen molar-refractivity contribution >= 4 is 68.3 Å². The van der Waals surface area contributed by atoms with Crippen LogP contribution in [-0.4, -0.2) is 81.2 Å². The molecular formula is C40H48ClN5O5S2. The largest absolute Gasteiger partial charge is 0.461 e. The van der Waals surface area contributed by atoms with E-state index in [1.165, 1.54) is 34.7 Å². The van der Waals surface area contributed by atoms with Gasteiger partial charge in [-0.2, -0.15) is 0 Å². The molecule has 1 fully saturated rings. The van der Waals surface area contributed by atoms with Gasteiger partial charge in [0, 0.05) is 47.0 Å². The van der Waals surface area contributed by atoms with Crippen LogP contribution in [-0.2, 0) is 30.3 Å².